The Labute approximate surface area is 149 Å². The summed E-state index contributed by atoms with van der Waals surface area (Å²) < 4.78 is 5.35. The minimum absolute atomic E-state index is 0.0628. The third kappa shape index (κ3) is 2.26. The Morgan fingerprint density at radius 1 is 1.24 bits per heavy atom. The highest BCUT2D eigenvalue weighted by molar-refractivity contribution is 6.01. The highest BCUT2D eigenvalue weighted by Gasteiger charge is 2.61. The van der Waals surface area contributed by atoms with Crippen molar-refractivity contribution in [2.75, 3.05) is 0 Å². The molecule has 4 nitrogen and oxygen atoms in total. The normalized spacial score (nSPS) is 29.8. The molecular weight excluding hydrogens is 312 g/mol. The Morgan fingerprint density at radius 3 is 2.56 bits per heavy atom. The maximum Gasteiger partial charge on any atom is 0.257 e. The van der Waals surface area contributed by atoms with Crippen LogP contribution in [0.4, 0.5) is 0 Å². The van der Waals surface area contributed by atoms with Crippen molar-refractivity contribution in [2.24, 2.45) is 16.7 Å². The molecule has 0 saturated heterocycles. The van der Waals surface area contributed by atoms with E-state index in [0.29, 0.717) is 22.9 Å². The summed E-state index contributed by atoms with van der Waals surface area (Å²) in [5.41, 5.74) is 2.53. The molecule has 2 aliphatic carbocycles. The van der Waals surface area contributed by atoms with E-state index < -0.39 is 0 Å². The molecule has 3 atom stereocenters. The molecule has 2 aliphatic rings. The van der Waals surface area contributed by atoms with E-state index >= 15 is 0 Å². The van der Waals surface area contributed by atoms with Crippen LogP contribution in [0.25, 0.3) is 11.3 Å². The summed E-state index contributed by atoms with van der Waals surface area (Å²) in [6, 6.07) is 9.97. The van der Waals surface area contributed by atoms with Gasteiger partial charge in [-0.05, 0) is 42.9 Å². The summed E-state index contributed by atoms with van der Waals surface area (Å²) >= 11 is 0. The topological polar surface area (TPSA) is 55.1 Å². The molecule has 1 heterocycles. The highest BCUT2D eigenvalue weighted by Crippen LogP contribution is 2.65. The molecule has 1 amide bonds. The number of hydrogen-bond donors (Lipinski definition) is 1. The van der Waals surface area contributed by atoms with Crippen molar-refractivity contribution < 1.29 is 9.32 Å². The number of aromatic nitrogens is 1. The van der Waals surface area contributed by atoms with Gasteiger partial charge in [-0.25, -0.2) is 0 Å². The highest BCUT2D eigenvalue weighted by atomic mass is 16.5. The third-order valence-corrected chi connectivity index (χ3v) is 7.24. The number of rotatable bonds is 3. The molecule has 2 aromatic rings. The van der Waals surface area contributed by atoms with Crippen LogP contribution < -0.4 is 5.32 Å². The second-order valence-electron chi connectivity index (χ2n) is 8.46. The molecule has 1 aromatic carbocycles. The predicted octanol–water partition coefficient (Wildman–Crippen LogP) is 4.59. The van der Waals surface area contributed by atoms with Crippen molar-refractivity contribution in [2.45, 2.75) is 53.0 Å². The van der Waals surface area contributed by atoms with Gasteiger partial charge in [0.05, 0.1) is 0 Å². The van der Waals surface area contributed by atoms with E-state index in [1.165, 1.54) is 12.8 Å². The van der Waals surface area contributed by atoms with Gasteiger partial charge in [0.1, 0.15) is 17.0 Å². The summed E-state index contributed by atoms with van der Waals surface area (Å²) in [5.74, 6) is 1.20. The number of carbonyl (C=O) groups excluding carboxylic acids is 1. The van der Waals surface area contributed by atoms with Gasteiger partial charge in [0.2, 0.25) is 0 Å². The lowest BCUT2D eigenvalue weighted by atomic mass is 9.69. The molecule has 132 valence electrons. The molecule has 2 fully saturated rings. The van der Waals surface area contributed by atoms with E-state index in [0.717, 1.165) is 12.0 Å². The minimum atomic E-state index is -0.0628. The summed E-state index contributed by atoms with van der Waals surface area (Å²) in [6.07, 6.45) is 3.53. The Balaban J connectivity index is 1.63. The molecule has 4 rings (SSSR count). The quantitative estimate of drug-likeness (QED) is 0.890. The molecular formula is C21H26N2O2. The largest absolute Gasteiger partial charge is 0.360 e. The van der Waals surface area contributed by atoms with Crippen molar-refractivity contribution in [3.05, 3.63) is 41.7 Å². The zero-order chi connectivity index (χ0) is 17.8. The van der Waals surface area contributed by atoms with Gasteiger partial charge < -0.3 is 9.84 Å². The number of benzene rings is 1. The Morgan fingerprint density at radius 2 is 1.96 bits per heavy atom. The monoisotopic (exact) mass is 338 g/mol. The third-order valence-electron chi connectivity index (χ3n) is 7.24. The molecule has 1 aromatic heterocycles. The van der Waals surface area contributed by atoms with Crippen molar-refractivity contribution >= 4 is 5.91 Å². The number of nitrogens with zero attached hydrogens (tertiary/aromatic N) is 1. The number of amides is 1. The van der Waals surface area contributed by atoms with Gasteiger partial charge in [0.25, 0.3) is 5.91 Å². The van der Waals surface area contributed by atoms with Crippen LogP contribution in [0.5, 0.6) is 0 Å². The van der Waals surface area contributed by atoms with Gasteiger partial charge in [-0.1, -0.05) is 56.3 Å². The van der Waals surface area contributed by atoms with Gasteiger partial charge in [0.15, 0.2) is 0 Å². The van der Waals surface area contributed by atoms with Crippen molar-refractivity contribution in [3.63, 3.8) is 0 Å². The molecule has 25 heavy (non-hydrogen) atoms. The fourth-order valence-corrected chi connectivity index (χ4v) is 5.09. The lowest BCUT2D eigenvalue weighted by Crippen LogP contribution is -2.47. The smallest absolute Gasteiger partial charge is 0.257 e. The zero-order valence-corrected chi connectivity index (χ0v) is 15.4. The van der Waals surface area contributed by atoms with Crippen LogP contribution in [0.2, 0.25) is 0 Å². The van der Waals surface area contributed by atoms with E-state index in [2.05, 4.69) is 31.2 Å². The van der Waals surface area contributed by atoms with Gasteiger partial charge in [0, 0.05) is 11.6 Å². The summed E-state index contributed by atoms with van der Waals surface area (Å²) in [4.78, 5) is 13.1. The molecule has 2 bridgehead atoms. The second kappa shape index (κ2) is 5.45. The van der Waals surface area contributed by atoms with E-state index in [1.807, 2.05) is 30.3 Å². The summed E-state index contributed by atoms with van der Waals surface area (Å²) in [6.45, 7) is 8.86. The van der Waals surface area contributed by atoms with E-state index in [1.54, 1.807) is 6.92 Å². The fraction of sp³-hybridized carbons (Fsp3) is 0.524. The second-order valence-corrected chi connectivity index (χ2v) is 8.46. The molecule has 0 aliphatic heterocycles. The first kappa shape index (κ1) is 16.4. The summed E-state index contributed by atoms with van der Waals surface area (Å²) in [5, 5.41) is 7.46. The van der Waals surface area contributed by atoms with Crippen LogP contribution in [-0.4, -0.2) is 17.1 Å². The van der Waals surface area contributed by atoms with Crippen LogP contribution in [0, 0.1) is 23.7 Å². The van der Waals surface area contributed by atoms with Gasteiger partial charge in [-0.15, -0.1) is 0 Å². The Hall–Kier alpha value is -2.10. The molecule has 1 N–H and O–H groups in total. The van der Waals surface area contributed by atoms with Gasteiger partial charge in [-0.3, -0.25) is 4.79 Å². The lowest BCUT2D eigenvalue weighted by Gasteiger charge is -2.39. The number of nitrogens with one attached hydrogen (secondary N) is 1. The van der Waals surface area contributed by atoms with Crippen molar-refractivity contribution in [1.82, 2.24) is 10.5 Å². The number of fused-ring (bicyclic) bond motifs is 2. The summed E-state index contributed by atoms with van der Waals surface area (Å²) in [7, 11) is 0. The minimum Gasteiger partial charge on any atom is -0.360 e. The number of aryl methyl sites for hydroxylation is 1. The van der Waals surface area contributed by atoms with Gasteiger partial charge >= 0.3 is 0 Å². The molecule has 0 unspecified atom stereocenters. The fourth-order valence-electron chi connectivity index (χ4n) is 5.09. The number of hydrogen-bond acceptors (Lipinski definition) is 3. The van der Waals surface area contributed by atoms with Crippen LogP contribution in [-0.2, 0) is 0 Å². The predicted molar refractivity (Wildman–Crippen MR) is 97.2 cm³/mol. The zero-order valence-electron chi connectivity index (χ0n) is 15.4. The lowest BCUT2D eigenvalue weighted by molar-refractivity contribution is 0.0825. The Bertz CT molecular complexity index is 809. The van der Waals surface area contributed by atoms with Crippen LogP contribution in [0.15, 0.2) is 34.9 Å². The van der Waals surface area contributed by atoms with Crippen LogP contribution >= 0.6 is 0 Å². The molecule has 2 saturated carbocycles. The van der Waals surface area contributed by atoms with Crippen molar-refractivity contribution in [1.29, 1.82) is 0 Å². The molecule has 4 heteroatoms. The van der Waals surface area contributed by atoms with Crippen molar-refractivity contribution in [3.8, 4) is 11.3 Å². The first-order valence-electron chi connectivity index (χ1n) is 9.17. The molecule has 0 radical (unpaired) electrons. The first-order valence-corrected chi connectivity index (χ1v) is 9.17. The van der Waals surface area contributed by atoms with E-state index in [4.69, 9.17) is 4.52 Å². The number of carbonyl (C=O) groups is 1. The van der Waals surface area contributed by atoms with Gasteiger partial charge in [-0.2, -0.15) is 0 Å². The van der Waals surface area contributed by atoms with Crippen LogP contribution in [0.1, 0.15) is 56.2 Å². The molecule has 0 spiro atoms. The average Bonchev–Trinajstić information content (AvgIpc) is 3.14. The SMILES string of the molecule is Cc1onc(-c2ccccc2)c1C(=O)N[C@H]1C[C@H]2CC[C@]1(C)C2(C)C. The Kier molecular flexibility index (Phi) is 3.57. The van der Waals surface area contributed by atoms with E-state index in [-0.39, 0.29) is 22.8 Å². The average molecular weight is 338 g/mol. The van der Waals surface area contributed by atoms with E-state index in [9.17, 15) is 4.79 Å². The standard InChI is InChI=1S/C21H26N2O2/c1-13-17(18(23-25-13)14-8-6-5-7-9-14)19(24)22-16-12-15-10-11-21(16,4)20(15,2)3/h5-9,15-16H,10-12H2,1-4H3,(H,22,24)/t15-,16+,21+/m1/s1. The van der Waals surface area contributed by atoms with Crippen LogP contribution in [0.3, 0.4) is 0 Å². The first-order chi connectivity index (χ1) is 11.8. The maximum absolute atomic E-state index is 13.1. The maximum atomic E-state index is 13.1.